The molecule has 0 fully saturated rings. The molecule has 0 atom stereocenters. The van der Waals surface area contributed by atoms with Gasteiger partial charge in [0.1, 0.15) is 0 Å². The molecule has 5 aromatic heterocycles. The summed E-state index contributed by atoms with van der Waals surface area (Å²) >= 11 is 0. The van der Waals surface area contributed by atoms with Gasteiger partial charge in [0.25, 0.3) is 0 Å². The van der Waals surface area contributed by atoms with E-state index in [-0.39, 0.29) is 0 Å². The molecule has 16 rings (SSSR count). The van der Waals surface area contributed by atoms with Crippen molar-refractivity contribution < 1.29 is 0 Å². The number of aromatic nitrogens is 7. The van der Waals surface area contributed by atoms with Crippen LogP contribution in [0.2, 0.25) is 0 Å². The van der Waals surface area contributed by atoms with Gasteiger partial charge in [-0.1, -0.05) is 182 Å². The highest BCUT2D eigenvalue weighted by Gasteiger charge is 2.25. The largest absolute Gasteiger partial charge is 0.309 e. The first-order chi connectivity index (χ1) is 37.7. The van der Waals surface area contributed by atoms with Gasteiger partial charge in [-0.2, -0.15) is 15.0 Å². The van der Waals surface area contributed by atoms with Gasteiger partial charge in [0.2, 0.25) is 11.9 Å². The second-order valence-electron chi connectivity index (χ2n) is 19.6. The molecular weight excluding hydrogens is 927 g/mol. The average molecular weight is 970 g/mol. The summed E-state index contributed by atoms with van der Waals surface area (Å²) in [5.74, 6) is 1.62. The molecular formula is C69H43N7. The molecule has 5 heterocycles. The van der Waals surface area contributed by atoms with Crippen LogP contribution in [0.25, 0.3) is 144 Å². The van der Waals surface area contributed by atoms with E-state index in [4.69, 9.17) is 15.0 Å². The third kappa shape index (κ3) is 6.26. The van der Waals surface area contributed by atoms with Crippen molar-refractivity contribution in [2.45, 2.75) is 0 Å². The van der Waals surface area contributed by atoms with Gasteiger partial charge in [0.05, 0.1) is 44.1 Å². The molecule has 0 aliphatic rings. The van der Waals surface area contributed by atoms with Crippen molar-refractivity contribution in [1.82, 2.24) is 33.2 Å². The van der Waals surface area contributed by atoms with E-state index in [2.05, 4.69) is 279 Å². The lowest BCUT2D eigenvalue weighted by Gasteiger charge is -2.18. The zero-order valence-electron chi connectivity index (χ0n) is 41.0. The second-order valence-corrected chi connectivity index (χ2v) is 19.6. The number of para-hydroxylation sites is 8. The summed E-state index contributed by atoms with van der Waals surface area (Å²) in [4.78, 5) is 16.8. The molecule has 354 valence electrons. The molecule has 0 spiro atoms. The van der Waals surface area contributed by atoms with Crippen molar-refractivity contribution in [3.8, 4) is 56.9 Å². The molecule has 0 aliphatic carbocycles. The zero-order chi connectivity index (χ0) is 49.8. The standard InChI is InChI=1S/C69H43N7/c1-2-21-46(22-3-1)73-60-35-13-10-30-55(60)57-43-44(40-41-65(57)73)48-31-19-32-56(66(48)45-20-18-23-47(42-45)74-58-33-11-4-24-49(58)50-25-5-12-34-59(50)74)67-70-68(75-61-36-14-6-26-51(61)52-27-7-15-37-62(52)75)72-69(71-67)76-63-38-16-8-28-53(63)54-29-9-17-39-64(54)76/h1-43H. The lowest BCUT2D eigenvalue weighted by atomic mass is 9.89. The Bertz CT molecular complexity index is 4720. The molecule has 0 unspecified atom stereocenters. The van der Waals surface area contributed by atoms with Crippen LogP contribution in [0.1, 0.15) is 0 Å². The highest BCUT2D eigenvalue weighted by Crippen LogP contribution is 2.44. The molecule has 0 bridgehead atoms. The van der Waals surface area contributed by atoms with Gasteiger partial charge in [-0.3, -0.25) is 9.13 Å². The Morgan fingerprint density at radius 1 is 0.224 bits per heavy atom. The van der Waals surface area contributed by atoms with Gasteiger partial charge >= 0.3 is 0 Å². The predicted octanol–water partition coefficient (Wildman–Crippen LogP) is 17.3. The van der Waals surface area contributed by atoms with Crippen molar-refractivity contribution >= 4 is 87.2 Å². The summed E-state index contributed by atoms with van der Waals surface area (Å²) in [6.45, 7) is 0. The SMILES string of the molecule is c1ccc(-n2c3ccccc3c3cc(-c4cccc(-c5nc(-n6c7ccccc7c7ccccc76)nc(-n6c7ccccc7c7ccccc76)n5)c4-c4cccc(-n5c6ccccc6c6ccccc65)c4)ccc32)cc1. The number of fused-ring (bicyclic) bond motifs is 12. The van der Waals surface area contributed by atoms with Crippen LogP contribution in [0, 0.1) is 0 Å². The molecule has 16 aromatic rings. The van der Waals surface area contributed by atoms with E-state index in [1.807, 2.05) is 0 Å². The molecule has 0 saturated heterocycles. The van der Waals surface area contributed by atoms with E-state index in [9.17, 15) is 0 Å². The Kier molecular flexibility index (Phi) is 9.20. The van der Waals surface area contributed by atoms with Crippen molar-refractivity contribution in [1.29, 1.82) is 0 Å². The molecule has 0 radical (unpaired) electrons. The van der Waals surface area contributed by atoms with Crippen molar-refractivity contribution in [3.63, 3.8) is 0 Å². The monoisotopic (exact) mass is 969 g/mol. The number of benzene rings is 11. The van der Waals surface area contributed by atoms with Crippen LogP contribution in [0.5, 0.6) is 0 Å². The van der Waals surface area contributed by atoms with Gasteiger partial charge in [-0.05, 0) is 95.6 Å². The van der Waals surface area contributed by atoms with Crippen LogP contribution in [0.3, 0.4) is 0 Å². The van der Waals surface area contributed by atoms with Gasteiger partial charge in [-0.25, -0.2) is 0 Å². The van der Waals surface area contributed by atoms with Crippen molar-refractivity contribution in [2.75, 3.05) is 0 Å². The maximum atomic E-state index is 5.64. The minimum Gasteiger partial charge on any atom is -0.309 e. The van der Waals surface area contributed by atoms with Crippen LogP contribution in [-0.2, 0) is 0 Å². The summed E-state index contributed by atoms with van der Waals surface area (Å²) in [7, 11) is 0. The fourth-order valence-electron chi connectivity index (χ4n) is 12.2. The van der Waals surface area contributed by atoms with E-state index >= 15 is 0 Å². The first-order valence-corrected chi connectivity index (χ1v) is 25.8. The maximum absolute atomic E-state index is 5.64. The Morgan fingerprint density at radius 2 is 0.592 bits per heavy atom. The van der Waals surface area contributed by atoms with Crippen LogP contribution in [0.4, 0.5) is 0 Å². The number of hydrogen-bond donors (Lipinski definition) is 0. The van der Waals surface area contributed by atoms with Crippen LogP contribution in [-0.4, -0.2) is 33.2 Å². The number of rotatable bonds is 7. The Morgan fingerprint density at radius 3 is 1.08 bits per heavy atom. The highest BCUT2D eigenvalue weighted by molar-refractivity contribution is 6.13. The first kappa shape index (κ1) is 42.2. The average Bonchev–Trinajstić information content (AvgIpc) is 4.23. The summed E-state index contributed by atoms with van der Waals surface area (Å²) in [5.41, 5.74) is 16.0. The number of hydrogen-bond acceptors (Lipinski definition) is 3. The van der Waals surface area contributed by atoms with Crippen LogP contribution < -0.4 is 0 Å². The zero-order valence-corrected chi connectivity index (χ0v) is 41.0. The Labute approximate surface area is 436 Å². The summed E-state index contributed by atoms with van der Waals surface area (Å²) in [5, 5.41) is 9.33. The fraction of sp³-hybridized carbons (Fsp3) is 0. The Hall–Kier alpha value is -10.4. The summed E-state index contributed by atoms with van der Waals surface area (Å²) < 4.78 is 9.18. The molecule has 7 nitrogen and oxygen atoms in total. The highest BCUT2D eigenvalue weighted by atomic mass is 15.3. The number of nitrogens with zero attached hydrogens (tertiary/aromatic N) is 7. The Balaban J connectivity index is 1.01. The quantitative estimate of drug-likeness (QED) is 0.160. The molecule has 76 heavy (non-hydrogen) atoms. The molecule has 11 aromatic carbocycles. The van der Waals surface area contributed by atoms with Crippen LogP contribution in [0.15, 0.2) is 261 Å². The summed E-state index contributed by atoms with van der Waals surface area (Å²) in [6, 6.07) is 93.5. The smallest absolute Gasteiger partial charge is 0.240 e. The molecule has 0 aliphatic heterocycles. The predicted molar refractivity (Wildman–Crippen MR) is 313 cm³/mol. The minimum atomic E-state index is 0.532. The first-order valence-electron chi connectivity index (χ1n) is 25.8. The second kappa shape index (κ2) is 16.6. The molecule has 0 amide bonds. The van der Waals surface area contributed by atoms with Crippen LogP contribution >= 0.6 is 0 Å². The van der Waals surface area contributed by atoms with E-state index in [0.717, 1.165) is 105 Å². The third-order valence-corrected chi connectivity index (χ3v) is 15.4. The van der Waals surface area contributed by atoms with E-state index in [1.54, 1.807) is 0 Å². The minimum absolute atomic E-state index is 0.532. The van der Waals surface area contributed by atoms with Gasteiger partial charge in [-0.15, -0.1) is 0 Å². The normalized spacial score (nSPS) is 11.9. The van der Waals surface area contributed by atoms with Crippen molar-refractivity contribution in [2.24, 2.45) is 0 Å². The third-order valence-electron chi connectivity index (χ3n) is 15.4. The molecule has 0 N–H and O–H groups in total. The van der Waals surface area contributed by atoms with Gasteiger partial charge in [0.15, 0.2) is 5.82 Å². The maximum Gasteiger partial charge on any atom is 0.240 e. The lowest BCUT2D eigenvalue weighted by Crippen LogP contribution is -2.10. The van der Waals surface area contributed by atoms with Gasteiger partial charge in [0, 0.05) is 65.6 Å². The molecule has 7 heteroatoms. The lowest BCUT2D eigenvalue weighted by molar-refractivity contribution is 0.893. The van der Waals surface area contributed by atoms with Crippen molar-refractivity contribution in [3.05, 3.63) is 261 Å². The topological polar surface area (TPSA) is 58.4 Å². The van der Waals surface area contributed by atoms with E-state index in [1.165, 1.54) is 21.5 Å². The fourth-order valence-corrected chi connectivity index (χ4v) is 12.2. The summed E-state index contributed by atoms with van der Waals surface area (Å²) in [6.07, 6.45) is 0. The van der Waals surface area contributed by atoms with E-state index < -0.39 is 0 Å². The van der Waals surface area contributed by atoms with Gasteiger partial charge < -0.3 is 9.13 Å². The van der Waals surface area contributed by atoms with E-state index in [0.29, 0.717) is 17.7 Å². The molecule has 0 saturated carbocycles.